The number of rotatable bonds is 27. The number of carbonyl (C=O) groups excluding carboxylic acids is 4. The van der Waals surface area contributed by atoms with E-state index in [0.717, 1.165) is 114 Å². The molecule has 4 heterocycles. The number of aldehydes is 2. The molecule has 3 saturated heterocycles. The fourth-order valence-corrected chi connectivity index (χ4v) is 11.3. The predicted molar refractivity (Wildman–Crippen MR) is 359 cm³/mol. The first-order valence-corrected chi connectivity index (χ1v) is 34.8. The maximum Gasteiger partial charge on any atom is 0.158 e. The third kappa shape index (κ3) is 48.1. The summed E-state index contributed by atoms with van der Waals surface area (Å²) in [5, 5.41) is 27.8. The van der Waals surface area contributed by atoms with Gasteiger partial charge in [0, 0.05) is 44.9 Å². The minimum Gasteiger partial charge on any atom is -0.499 e. The van der Waals surface area contributed by atoms with Gasteiger partial charge in [-0.2, -0.15) is 0 Å². The zero-order valence-electron chi connectivity index (χ0n) is 59.9. The SMILES string of the molecule is CC(=O)CC[C@H](CC1OCCO1)C(C)C.CC(=O)CC[C@H](CC=O)C(C)C.CC(C)[C@@H](CC=O)CC[C@@H](C)O.CC(C)[C@@H]1CC[C@@H](C)OC(O)C1.CC(C)[C@H]1C=CO[C@H](C)CC1.CC(O)CC[C@H](CC1OCCO1)C(C)C.CC1=CC[C@H](C(C)C)CC1. The molecule has 5 rings (SSSR count). The highest BCUT2D eigenvalue weighted by molar-refractivity contribution is 5.75. The Balaban J connectivity index is 0. The van der Waals surface area contributed by atoms with Gasteiger partial charge in [-0.05, 0) is 221 Å². The standard InChI is InChI=1S/C12H24O3.C12H22O3.2C10H20O2.C10H18O2.C10H18O.C10H18/c2*1-9(2)11(5-4-10(3)13)8-12-14-6-7-15-12;1-7(2)9-5-4-8(3)12-10(11)6-9;2*1-8(2)10(6-7-11)5-4-9(3)12;1-8(2)10-5-4-9(3)11-7-6-10;1-8(2)10-6-4-9(3)5-7-10/h9-13H,4-8H2,1-3H3;9,11-12H,4-8H2,1-3H3;7-11H,4-6H2,1-3H3;7-10,12H,4-6H2,1-3H3;7-8,10H,4-6H2,1-3H3;6-10H,4-5H2,1-3H3;4,8,10H,5-7H2,1-3H3/t10?,11-;11-;8-,9-,10?;9-,10-;10-;9-,10-;10-/m1111110/s1. The molecule has 1 aliphatic carbocycles. The summed E-state index contributed by atoms with van der Waals surface area (Å²) >= 11 is 0. The zero-order valence-corrected chi connectivity index (χ0v) is 59.9. The van der Waals surface area contributed by atoms with Crippen molar-refractivity contribution in [3.63, 3.8) is 0 Å². The molecule has 0 spiro atoms. The minimum atomic E-state index is -0.533. The number of hydrogen-bond acceptors (Lipinski definition) is 13. The van der Waals surface area contributed by atoms with Crippen LogP contribution in [-0.4, -0.2) is 109 Å². The van der Waals surface area contributed by atoms with Crippen LogP contribution in [0.1, 0.15) is 274 Å². The largest absolute Gasteiger partial charge is 0.499 e. The number of aliphatic hydroxyl groups excluding tert-OH is 3. The van der Waals surface area contributed by atoms with Crippen molar-refractivity contribution in [2.45, 2.75) is 317 Å². The maximum atomic E-state index is 10.9. The van der Waals surface area contributed by atoms with Gasteiger partial charge in [0.15, 0.2) is 18.9 Å². The Morgan fingerprint density at radius 1 is 0.540 bits per heavy atom. The lowest BCUT2D eigenvalue weighted by atomic mass is 9.83. The van der Waals surface area contributed by atoms with Crippen molar-refractivity contribution in [2.75, 3.05) is 26.4 Å². The summed E-state index contributed by atoms with van der Waals surface area (Å²) in [6.45, 7) is 47.1. The molecule has 0 aromatic carbocycles. The quantitative estimate of drug-likeness (QED) is 0.0522. The molecule has 0 radical (unpaired) electrons. The Labute approximate surface area is 535 Å². The third-order valence-electron chi connectivity index (χ3n) is 18.4. The predicted octanol–water partition coefficient (Wildman–Crippen LogP) is 17.3. The molecule has 0 bridgehead atoms. The van der Waals surface area contributed by atoms with E-state index >= 15 is 0 Å². The lowest BCUT2D eigenvalue weighted by molar-refractivity contribution is -0.131. The van der Waals surface area contributed by atoms with Crippen molar-refractivity contribution in [3.8, 4) is 0 Å². The second kappa shape index (κ2) is 52.2. The molecule has 13 nitrogen and oxygen atoms in total. The topological polar surface area (TPSA) is 184 Å². The van der Waals surface area contributed by atoms with Crippen LogP contribution < -0.4 is 0 Å². The zero-order chi connectivity index (χ0) is 66.6. The molecule has 0 aromatic heterocycles. The number of carbonyl (C=O) groups is 4. The minimum absolute atomic E-state index is 0.00796. The van der Waals surface area contributed by atoms with E-state index in [9.17, 15) is 29.4 Å². The lowest BCUT2D eigenvalue weighted by Gasteiger charge is -2.23. The number of ketones is 2. The molecule has 0 amide bonds. The van der Waals surface area contributed by atoms with E-state index in [1.807, 2.05) is 20.1 Å². The van der Waals surface area contributed by atoms with Gasteiger partial charge in [0.25, 0.3) is 0 Å². The lowest BCUT2D eigenvalue weighted by Crippen LogP contribution is -2.20. The molecule has 0 saturated carbocycles. The number of allylic oxidation sites excluding steroid dienone is 3. The van der Waals surface area contributed by atoms with Gasteiger partial charge in [-0.15, -0.1) is 0 Å². The average Bonchev–Trinajstić information content (AvgIpc) is 4.36. The van der Waals surface area contributed by atoms with Crippen LogP contribution in [0.15, 0.2) is 24.0 Å². The van der Waals surface area contributed by atoms with Crippen LogP contribution in [0, 0.1) is 82.9 Å². The molecule has 13 heteroatoms. The van der Waals surface area contributed by atoms with Gasteiger partial charge in [0.05, 0.1) is 57.1 Å². The highest BCUT2D eigenvalue weighted by atomic mass is 16.7. The van der Waals surface area contributed by atoms with Crippen LogP contribution in [0.3, 0.4) is 0 Å². The molecule has 5 aliphatic rings. The molecule has 87 heavy (non-hydrogen) atoms. The average molecular weight is 1240 g/mol. The molecule has 3 N–H and O–H groups in total. The van der Waals surface area contributed by atoms with Crippen LogP contribution in [0.5, 0.6) is 0 Å². The van der Waals surface area contributed by atoms with Gasteiger partial charge in [0.2, 0.25) is 0 Å². The van der Waals surface area contributed by atoms with Gasteiger partial charge in [-0.3, -0.25) is 0 Å². The molecule has 3 fully saturated rings. The summed E-state index contributed by atoms with van der Waals surface area (Å²) < 4.78 is 32.5. The van der Waals surface area contributed by atoms with Crippen LogP contribution in [0.25, 0.3) is 0 Å². The first kappa shape index (κ1) is 86.7. The molecular formula is C74H140O13. The van der Waals surface area contributed by atoms with E-state index in [0.29, 0.717) is 104 Å². The summed E-state index contributed by atoms with van der Waals surface area (Å²) in [4.78, 5) is 42.2. The Morgan fingerprint density at radius 3 is 1.33 bits per heavy atom. The van der Waals surface area contributed by atoms with Crippen molar-refractivity contribution in [1.82, 2.24) is 0 Å². The van der Waals surface area contributed by atoms with E-state index in [1.54, 1.807) is 26.3 Å². The van der Waals surface area contributed by atoms with Crippen LogP contribution in [0.4, 0.5) is 0 Å². The second-order valence-electron chi connectivity index (χ2n) is 28.8. The molecule has 2 unspecified atom stereocenters. The highest BCUT2D eigenvalue weighted by Gasteiger charge is 2.27. The van der Waals surface area contributed by atoms with Gasteiger partial charge in [-0.1, -0.05) is 109 Å². The van der Waals surface area contributed by atoms with E-state index in [1.165, 1.54) is 38.5 Å². The smallest absolute Gasteiger partial charge is 0.158 e. The summed E-state index contributed by atoms with van der Waals surface area (Å²) in [5.41, 5.74) is 1.59. The maximum absolute atomic E-state index is 10.9. The molecule has 0 aromatic rings. The Hall–Kier alpha value is -2.36. The highest BCUT2D eigenvalue weighted by Crippen LogP contribution is 2.31. The van der Waals surface area contributed by atoms with Crippen molar-refractivity contribution < 1.29 is 62.9 Å². The van der Waals surface area contributed by atoms with E-state index in [2.05, 4.69) is 123 Å². The first-order chi connectivity index (χ1) is 40.8. The first-order valence-electron chi connectivity index (χ1n) is 34.8. The fourth-order valence-electron chi connectivity index (χ4n) is 11.3. The molecule has 12 atom stereocenters. The molecule has 514 valence electrons. The van der Waals surface area contributed by atoms with Gasteiger partial charge in [-0.25, -0.2) is 0 Å². The van der Waals surface area contributed by atoms with Gasteiger partial charge < -0.3 is 62.9 Å². The summed E-state index contributed by atoms with van der Waals surface area (Å²) in [7, 11) is 0. The number of hydrogen-bond donors (Lipinski definition) is 3. The van der Waals surface area contributed by atoms with Crippen LogP contribution in [-0.2, 0) is 47.6 Å². The summed E-state index contributed by atoms with van der Waals surface area (Å²) in [6.07, 6.45) is 27.5. The van der Waals surface area contributed by atoms with E-state index in [4.69, 9.17) is 33.5 Å². The van der Waals surface area contributed by atoms with Crippen molar-refractivity contribution >= 4 is 24.1 Å². The van der Waals surface area contributed by atoms with Crippen molar-refractivity contribution in [3.05, 3.63) is 24.0 Å². The van der Waals surface area contributed by atoms with Crippen molar-refractivity contribution in [2.24, 2.45) is 82.9 Å². The normalized spacial score (nSPS) is 23.6. The Bertz CT molecular complexity index is 1730. The van der Waals surface area contributed by atoms with E-state index < -0.39 is 6.29 Å². The Kier molecular flexibility index (Phi) is 52.0. The number of aliphatic hydroxyl groups is 3. The van der Waals surface area contributed by atoms with Crippen molar-refractivity contribution in [1.29, 1.82) is 0 Å². The van der Waals surface area contributed by atoms with Crippen LogP contribution in [0.2, 0.25) is 0 Å². The van der Waals surface area contributed by atoms with Gasteiger partial charge >= 0.3 is 0 Å². The fraction of sp³-hybridized carbons (Fsp3) is 0.892. The Morgan fingerprint density at radius 2 is 0.954 bits per heavy atom. The van der Waals surface area contributed by atoms with E-state index in [-0.39, 0.29) is 42.5 Å². The number of ether oxygens (including phenoxy) is 6. The molecular weight excluding hydrogens is 1100 g/mol. The summed E-state index contributed by atoms with van der Waals surface area (Å²) in [6, 6.07) is 0. The monoisotopic (exact) mass is 1240 g/mol. The molecule has 4 aliphatic heterocycles. The van der Waals surface area contributed by atoms with Gasteiger partial charge in [0.1, 0.15) is 24.1 Å². The number of Topliss-reactive ketones (excluding diaryl/α,β-unsaturated/α-hetero) is 2. The second-order valence-corrected chi connectivity index (χ2v) is 28.8. The van der Waals surface area contributed by atoms with Crippen LogP contribution >= 0.6 is 0 Å². The summed E-state index contributed by atoms with van der Waals surface area (Å²) in [5.74, 6) is 9.26. The third-order valence-corrected chi connectivity index (χ3v) is 18.4.